The molecule has 2 atom stereocenters. The molecule has 0 aliphatic heterocycles. The van der Waals surface area contributed by atoms with Gasteiger partial charge in [0.25, 0.3) is 0 Å². The van der Waals surface area contributed by atoms with Crippen molar-refractivity contribution in [3.63, 3.8) is 0 Å². The molecule has 1 N–H and O–H groups in total. The molecular formula is C16H32N2O2. The molecule has 1 fully saturated rings. The zero-order valence-electron chi connectivity index (χ0n) is 13.9. The second-order valence-corrected chi connectivity index (χ2v) is 6.26. The third-order valence-corrected chi connectivity index (χ3v) is 4.70. The molecule has 20 heavy (non-hydrogen) atoms. The van der Waals surface area contributed by atoms with E-state index in [9.17, 15) is 4.79 Å². The highest BCUT2D eigenvalue weighted by molar-refractivity contribution is 5.81. The maximum absolute atomic E-state index is 12.1. The first-order chi connectivity index (χ1) is 9.50. The lowest BCUT2D eigenvalue weighted by atomic mass is 9.97. The van der Waals surface area contributed by atoms with E-state index < -0.39 is 5.54 Å². The highest BCUT2D eigenvalue weighted by atomic mass is 16.5. The fourth-order valence-corrected chi connectivity index (χ4v) is 3.42. The first-order valence-electron chi connectivity index (χ1n) is 8.03. The molecular weight excluding hydrogens is 252 g/mol. The maximum Gasteiger partial charge on any atom is 0.326 e. The molecule has 1 aliphatic carbocycles. The summed E-state index contributed by atoms with van der Waals surface area (Å²) in [5.41, 5.74) is -0.475. The van der Waals surface area contributed by atoms with Gasteiger partial charge in [0.05, 0.1) is 7.11 Å². The predicted molar refractivity (Wildman–Crippen MR) is 82.8 cm³/mol. The van der Waals surface area contributed by atoms with E-state index >= 15 is 0 Å². The number of hydrogen-bond acceptors (Lipinski definition) is 4. The molecule has 0 amide bonds. The number of nitrogens with one attached hydrogen (secondary N) is 1. The van der Waals surface area contributed by atoms with E-state index in [0.717, 1.165) is 25.8 Å². The predicted octanol–water partition coefficient (Wildman–Crippen LogP) is 2.57. The van der Waals surface area contributed by atoms with Crippen molar-refractivity contribution in [3.8, 4) is 0 Å². The van der Waals surface area contributed by atoms with Gasteiger partial charge < -0.3 is 10.1 Å². The van der Waals surface area contributed by atoms with Crippen molar-refractivity contribution >= 4 is 5.97 Å². The summed E-state index contributed by atoms with van der Waals surface area (Å²) in [5.74, 6) is -0.111. The minimum absolute atomic E-state index is 0.111. The number of ether oxygens (including phenoxy) is 1. The minimum Gasteiger partial charge on any atom is -0.468 e. The van der Waals surface area contributed by atoms with E-state index in [4.69, 9.17) is 4.74 Å². The van der Waals surface area contributed by atoms with Crippen molar-refractivity contribution in [2.24, 2.45) is 0 Å². The minimum atomic E-state index is -0.475. The smallest absolute Gasteiger partial charge is 0.326 e. The molecule has 4 nitrogen and oxygen atoms in total. The molecule has 0 heterocycles. The second kappa shape index (κ2) is 7.99. The average Bonchev–Trinajstić information content (AvgIpc) is 2.87. The standard InChI is InChI=1S/C16H32N2O2/c1-6-7-8-11-18(13(2)3)14-9-10-16(12-14,17-4)15(19)20-5/h13-14,17H,6-12H2,1-5H3. The van der Waals surface area contributed by atoms with Gasteiger partial charge in [0.2, 0.25) is 0 Å². The van der Waals surface area contributed by atoms with Crippen LogP contribution in [0.5, 0.6) is 0 Å². The van der Waals surface area contributed by atoms with Gasteiger partial charge in [0.15, 0.2) is 0 Å². The lowest BCUT2D eigenvalue weighted by Gasteiger charge is -2.34. The molecule has 0 aromatic carbocycles. The van der Waals surface area contributed by atoms with Gasteiger partial charge in [-0.05, 0) is 53.1 Å². The zero-order chi connectivity index (χ0) is 15.2. The summed E-state index contributed by atoms with van der Waals surface area (Å²) in [6.07, 6.45) is 6.58. The third-order valence-electron chi connectivity index (χ3n) is 4.70. The summed E-state index contributed by atoms with van der Waals surface area (Å²) in [7, 11) is 3.35. The molecule has 0 spiro atoms. The maximum atomic E-state index is 12.1. The van der Waals surface area contributed by atoms with E-state index in [1.54, 1.807) is 0 Å². The number of likely N-dealkylation sites (N-methyl/N-ethyl adjacent to an activating group) is 1. The Labute approximate surface area is 124 Å². The Hall–Kier alpha value is -0.610. The van der Waals surface area contributed by atoms with Gasteiger partial charge in [-0.1, -0.05) is 19.8 Å². The van der Waals surface area contributed by atoms with Crippen molar-refractivity contribution in [3.05, 3.63) is 0 Å². The molecule has 2 unspecified atom stereocenters. The van der Waals surface area contributed by atoms with Crippen LogP contribution >= 0.6 is 0 Å². The molecule has 0 radical (unpaired) electrons. The summed E-state index contributed by atoms with van der Waals surface area (Å²) in [5, 5.41) is 3.22. The van der Waals surface area contributed by atoms with E-state index in [0.29, 0.717) is 12.1 Å². The largest absolute Gasteiger partial charge is 0.468 e. The van der Waals surface area contributed by atoms with Crippen LogP contribution in [0.4, 0.5) is 0 Å². The first kappa shape index (κ1) is 17.4. The molecule has 4 heteroatoms. The lowest BCUT2D eigenvalue weighted by molar-refractivity contribution is -0.148. The van der Waals surface area contributed by atoms with Crippen LogP contribution in [-0.4, -0.2) is 49.2 Å². The van der Waals surface area contributed by atoms with E-state index in [-0.39, 0.29) is 5.97 Å². The molecule has 0 bridgehead atoms. The normalized spacial score (nSPS) is 26.4. The van der Waals surface area contributed by atoms with E-state index in [2.05, 4.69) is 31.0 Å². The van der Waals surface area contributed by atoms with E-state index in [1.807, 2.05) is 7.05 Å². The van der Waals surface area contributed by atoms with Crippen molar-refractivity contribution in [2.75, 3.05) is 20.7 Å². The summed E-state index contributed by atoms with van der Waals surface area (Å²) < 4.78 is 5.00. The van der Waals surface area contributed by atoms with Crippen LogP contribution in [0.3, 0.4) is 0 Å². The van der Waals surface area contributed by atoms with Crippen LogP contribution in [-0.2, 0) is 9.53 Å². The number of carbonyl (C=O) groups is 1. The molecule has 0 saturated heterocycles. The molecule has 118 valence electrons. The number of unbranched alkanes of at least 4 members (excludes halogenated alkanes) is 2. The highest BCUT2D eigenvalue weighted by Crippen LogP contribution is 2.34. The van der Waals surface area contributed by atoms with Gasteiger partial charge in [-0.2, -0.15) is 0 Å². The highest BCUT2D eigenvalue weighted by Gasteiger charge is 2.46. The Kier molecular flexibility index (Phi) is 6.96. The first-order valence-corrected chi connectivity index (χ1v) is 8.03. The van der Waals surface area contributed by atoms with Gasteiger partial charge in [0, 0.05) is 12.1 Å². The Morgan fingerprint density at radius 2 is 2.15 bits per heavy atom. The molecule has 1 aliphatic rings. The van der Waals surface area contributed by atoms with Crippen molar-refractivity contribution in [1.82, 2.24) is 10.2 Å². The zero-order valence-corrected chi connectivity index (χ0v) is 13.9. The van der Waals surface area contributed by atoms with Gasteiger partial charge in [0.1, 0.15) is 5.54 Å². The Morgan fingerprint density at radius 1 is 1.45 bits per heavy atom. The van der Waals surface area contributed by atoms with Crippen LogP contribution in [0.25, 0.3) is 0 Å². The van der Waals surface area contributed by atoms with Crippen molar-refractivity contribution < 1.29 is 9.53 Å². The topological polar surface area (TPSA) is 41.6 Å². The summed E-state index contributed by atoms with van der Waals surface area (Å²) in [6, 6.07) is 1.01. The third kappa shape index (κ3) is 3.95. The fraction of sp³-hybridized carbons (Fsp3) is 0.938. The van der Waals surface area contributed by atoms with Crippen molar-refractivity contribution in [2.45, 2.75) is 76.9 Å². The monoisotopic (exact) mass is 284 g/mol. The number of methoxy groups -OCH3 is 1. The van der Waals surface area contributed by atoms with Crippen LogP contribution < -0.4 is 5.32 Å². The van der Waals surface area contributed by atoms with Gasteiger partial charge >= 0.3 is 5.97 Å². The SMILES string of the molecule is CCCCCN(C(C)C)C1CCC(NC)(C(=O)OC)C1. The van der Waals surface area contributed by atoms with Gasteiger partial charge in [-0.25, -0.2) is 0 Å². The quantitative estimate of drug-likeness (QED) is 0.549. The number of nitrogens with zero attached hydrogens (tertiary/aromatic N) is 1. The fourth-order valence-electron chi connectivity index (χ4n) is 3.42. The van der Waals surface area contributed by atoms with E-state index in [1.165, 1.54) is 26.4 Å². The van der Waals surface area contributed by atoms with Crippen molar-refractivity contribution in [1.29, 1.82) is 0 Å². The van der Waals surface area contributed by atoms with Crippen LogP contribution in [0.15, 0.2) is 0 Å². The summed E-state index contributed by atoms with van der Waals surface area (Å²) >= 11 is 0. The van der Waals surface area contributed by atoms with Gasteiger partial charge in [-0.3, -0.25) is 9.69 Å². The van der Waals surface area contributed by atoms with Crippen LogP contribution in [0.1, 0.15) is 59.3 Å². The average molecular weight is 284 g/mol. The molecule has 1 saturated carbocycles. The number of esters is 1. The molecule has 0 aromatic heterocycles. The summed E-state index contributed by atoms with van der Waals surface area (Å²) in [6.45, 7) is 7.88. The van der Waals surface area contributed by atoms with Crippen LogP contribution in [0, 0.1) is 0 Å². The number of rotatable bonds is 8. The number of carbonyl (C=O) groups excluding carboxylic acids is 1. The Bertz CT molecular complexity index is 307. The molecule has 0 aromatic rings. The van der Waals surface area contributed by atoms with Crippen LogP contribution in [0.2, 0.25) is 0 Å². The molecule has 1 rings (SSSR count). The lowest BCUT2D eigenvalue weighted by Crippen LogP contribution is -2.51. The second-order valence-electron chi connectivity index (χ2n) is 6.26. The summed E-state index contributed by atoms with van der Waals surface area (Å²) in [4.78, 5) is 14.6. The number of hydrogen-bond donors (Lipinski definition) is 1. The van der Waals surface area contributed by atoms with Gasteiger partial charge in [-0.15, -0.1) is 0 Å². The Morgan fingerprint density at radius 3 is 2.65 bits per heavy atom. The Balaban J connectivity index is 2.68.